The summed E-state index contributed by atoms with van der Waals surface area (Å²) < 4.78 is 0. The Morgan fingerprint density at radius 1 is 1.67 bits per heavy atom. The Kier molecular flexibility index (Phi) is 2.96. The molecule has 15 heavy (non-hydrogen) atoms. The summed E-state index contributed by atoms with van der Waals surface area (Å²) in [4.78, 5) is 16.8. The summed E-state index contributed by atoms with van der Waals surface area (Å²) in [5, 5.41) is 15.0. The summed E-state index contributed by atoms with van der Waals surface area (Å²) in [6.07, 6.45) is 3.59. The quantitative estimate of drug-likeness (QED) is 0.679. The highest BCUT2D eigenvalue weighted by Gasteiger charge is 2.20. The average Bonchev–Trinajstić information content (AvgIpc) is 2.29. The summed E-state index contributed by atoms with van der Waals surface area (Å²) in [6, 6.07) is 0. The number of H-pyrrole nitrogens is 1. The van der Waals surface area contributed by atoms with E-state index < -0.39 is 5.69 Å². The molecule has 0 aliphatic carbocycles. The molecule has 6 heteroatoms. The first-order chi connectivity index (χ1) is 7.29. The Bertz CT molecular complexity index is 378. The molecule has 1 aliphatic heterocycles. The van der Waals surface area contributed by atoms with Crippen LogP contribution in [0.1, 0.15) is 12.8 Å². The summed E-state index contributed by atoms with van der Waals surface area (Å²) >= 11 is 0. The molecule has 0 spiro atoms. The van der Waals surface area contributed by atoms with E-state index >= 15 is 0 Å². The first kappa shape index (κ1) is 10.1. The second-order valence-corrected chi connectivity index (χ2v) is 3.78. The van der Waals surface area contributed by atoms with Crippen molar-refractivity contribution < 1.29 is 5.11 Å². The van der Waals surface area contributed by atoms with E-state index in [0.717, 1.165) is 25.9 Å². The third-order valence-electron chi connectivity index (χ3n) is 2.66. The molecule has 1 atom stereocenters. The van der Waals surface area contributed by atoms with Gasteiger partial charge in [-0.15, -0.1) is 0 Å². The van der Waals surface area contributed by atoms with Gasteiger partial charge in [0.2, 0.25) is 0 Å². The van der Waals surface area contributed by atoms with E-state index in [1.807, 2.05) is 4.90 Å². The molecule has 1 aromatic heterocycles. The largest absolute Gasteiger partial charge is 0.396 e. The minimum atomic E-state index is -0.432. The minimum Gasteiger partial charge on any atom is -0.396 e. The first-order valence-corrected chi connectivity index (χ1v) is 5.07. The monoisotopic (exact) mass is 210 g/mol. The Morgan fingerprint density at radius 3 is 3.27 bits per heavy atom. The van der Waals surface area contributed by atoms with Gasteiger partial charge in [0, 0.05) is 19.7 Å². The number of anilines is 1. The van der Waals surface area contributed by atoms with Crippen molar-refractivity contribution in [1.82, 2.24) is 15.2 Å². The molecular formula is C9H14N4O2. The van der Waals surface area contributed by atoms with Gasteiger partial charge in [0.05, 0.1) is 6.20 Å². The predicted octanol–water partition coefficient (Wildman–Crippen LogP) is -0.626. The van der Waals surface area contributed by atoms with Gasteiger partial charge in [0.1, 0.15) is 0 Å². The topological polar surface area (TPSA) is 82.1 Å². The number of aromatic amines is 1. The van der Waals surface area contributed by atoms with Gasteiger partial charge in [0.15, 0.2) is 5.82 Å². The number of hydrogen-bond donors (Lipinski definition) is 2. The van der Waals surface area contributed by atoms with Gasteiger partial charge >= 0.3 is 5.69 Å². The van der Waals surface area contributed by atoms with Crippen molar-refractivity contribution in [3.8, 4) is 0 Å². The highest BCUT2D eigenvalue weighted by molar-refractivity contribution is 5.34. The van der Waals surface area contributed by atoms with E-state index in [0.29, 0.717) is 5.82 Å². The van der Waals surface area contributed by atoms with Crippen LogP contribution in [0.4, 0.5) is 5.82 Å². The van der Waals surface area contributed by atoms with Crippen molar-refractivity contribution in [2.45, 2.75) is 12.8 Å². The van der Waals surface area contributed by atoms with E-state index in [1.165, 1.54) is 0 Å². The van der Waals surface area contributed by atoms with Gasteiger partial charge in [-0.3, -0.25) is 0 Å². The molecule has 1 aliphatic rings. The van der Waals surface area contributed by atoms with Crippen LogP contribution in [0.25, 0.3) is 0 Å². The number of aromatic nitrogens is 3. The molecule has 1 fully saturated rings. The summed E-state index contributed by atoms with van der Waals surface area (Å²) in [6.45, 7) is 1.80. The molecule has 0 saturated carbocycles. The maximum absolute atomic E-state index is 11.0. The van der Waals surface area contributed by atoms with Gasteiger partial charge in [-0.25, -0.2) is 9.89 Å². The van der Waals surface area contributed by atoms with E-state index in [9.17, 15) is 4.79 Å². The molecule has 0 bridgehead atoms. The highest BCUT2D eigenvalue weighted by Crippen LogP contribution is 2.19. The summed E-state index contributed by atoms with van der Waals surface area (Å²) in [5.41, 5.74) is -0.432. The van der Waals surface area contributed by atoms with E-state index in [1.54, 1.807) is 6.20 Å². The number of aliphatic hydroxyl groups excluding tert-OH is 1. The van der Waals surface area contributed by atoms with Crippen LogP contribution in [0, 0.1) is 5.92 Å². The van der Waals surface area contributed by atoms with Crippen LogP contribution < -0.4 is 10.6 Å². The minimum absolute atomic E-state index is 0.188. The Balaban J connectivity index is 2.13. The zero-order valence-corrected chi connectivity index (χ0v) is 8.39. The molecule has 2 heterocycles. The lowest BCUT2D eigenvalue weighted by Gasteiger charge is -2.32. The number of nitrogens with zero attached hydrogens (tertiary/aromatic N) is 3. The van der Waals surface area contributed by atoms with Crippen molar-refractivity contribution in [1.29, 1.82) is 0 Å². The van der Waals surface area contributed by atoms with Crippen LogP contribution in [0.3, 0.4) is 0 Å². The van der Waals surface area contributed by atoms with Crippen molar-refractivity contribution in [3.63, 3.8) is 0 Å². The van der Waals surface area contributed by atoms with Crippen molar-refractivity contribution >= 4 is 5.82 Å². The zero-order chi connectivity index (χ0) is 10.7. The fraction of sp³-hybridized carbons (Fsp3) is 0.667. The molecule has 1 saturated heterocycles. The Hall–Kier alpha value is -1.43. The van der Waals surface area contributed by atoms with Crippen molar-refractivity contribution in [3.05, 3.63) is 16.7 Å². The molecule has 2 N–H and O–H groups in total. The molecule has 6 nitrogen and oxygen atoms in total. The average molecular weight is 210 g/mol. The second kappa shape index (κ2) is 4.39. The fourth-order valence-electron chi connectivity index (χ4n) is 1.88. The van der Waals surface area contributed by atoms with Crippen LogP contribution in [0.2, 0.25) is 0 Å². The summed E-state index contributed by atoms with van der Waals surface area (Å²) in [7, 11) is 0. The number of rotatable bonds is 2. The molecule has 82 valence electrons. The molecule has 1 aromatic rings. The number of hydrogen-bond acceptors (Lipinski definition) is 5. The molecule has 0 radical (unpaired) electrons. The SMILES string of the molecule is O=c1nc(N2CCCC(CO)C2)cn[nH]1. The second-order valence-electron chi connectivity index (χ2n) is 3.78. The number of nitrogens with one attached hydrogen (secondary N) is 1. The normalized spacial score (nSPS) is 21.7. The smallest absolute Gasteiger partial charge is 0.363 e. The van der Waals surface area contributed by atoms with Crippen LogP contribution >= 0.6 is 0 Å². The molecule has 0 aromatic carbocycles. The van der Waals surface area contributed by atoms with E-state index in [4.69, 9.17) is 5.11 Å². The van der Waals surface area contributed by atoms with Crippen LogP contribution in [-0.4, -0.2) is 40.0 Å². The van der Waals surface area contributed by atoms with Crippen LogP contribution in [0.5, 0.6) is 0 Å². The van der Waals surface area contributed by atoms with Gasteiger partial charge < -0.3 is 10.0 Å². The number of aliphatic hydroxyl groups is 1. The van der Waals surface area contributed by atoms with Crippen molar-refractivity contribution in [2.24, 2.45) is 5.92 Å². The maximum Gasteiger partial charge on any atom is 0.363 e. The van der Waals surface area contributed by atoms with Crippen LogP contribution in [0.15, 0.2) is 11.0 Å². The number of piperidine rings is 1. The Labute approximate surface area is 87.0 Å². The molecule has 0 amide bonds. The molecule has 2 rings (SSSR count). The van der Waals surface area contributed by atoms with E-state index in [-0.39, 0.29) is 12.5 Å². The lowest BCUT2D eigenvalue weighted by atomic mass is 9.99. The Morgan fingerprint density at radius 2 is 2.53 bits per heavy atom. The predicted molar refractivity (Wildman–Crippen MR) is 54.7 cm³/mol. The van der Waals surface area contributed by atoms with Gasteiger partial charge in [-0.2, -0.15) is 10.1 Å². The van der Waals surface area contributed by atoms with Gasteiger partial charge in [-0.05, 0) is 18.8 Å². The first-order valence-electron chi connectivity index (χ1n) is 5.07. The third kappa shape index (κ3) is 2.33. The molecule has 1 unspecified atom stereocenters. The lowest BCUT2D eigenvalue weighted by molar-refractivity contribution is 0.208. The fourth-order valence-corrected chi connectivity index (χ4v) is 1.88. The summed E-state index contributed by atoms with van der Waals surface area (Å²) in [5.74, 6) is 0.872. The molecular weight excluding hydrogens is 196 g/mol. The lowest BCUT2D eigenvalue weighted by Crippen LogP contribution is -2.38. The van der Waals surface area contributed by atoms with Crippen molar-refractivity contribution in [2.75, 3.05) is 24.6 Å². The third-order valence-corrected chi connectivity index (χ3v) is 2.66. The standard InChI is InChI=1S/C9H14N4O2/c14-6-7-2-1-3-13(5-7)8-4-10-12-9(15)11-8/h4,7,14H,1-3,5-6H2,(H,11,12,15). The zero-order valence-electron chi connectivity index (χ0n) is 8.39. The maximum atomic E-state index is 11.0. The van der Waals surface area contributed by atoms with Crippen LogP contribution in [-0.2, 0) is 0 Å². The van der Waals surface area contributed by atoms with Gasteiger partial charge in [0.25, 0.3) is 0 Å². The highest BCUT2D eigenvalue weighted by atomic mass is 16.3. The van der Waals surface area contributed by atoms with E-state index in [2.05, 4.69) is 15.2 Å². The van der Waals surface area contributed by atoms with Gasteiger partial charge in [-0.1, -0.05) is 0 Å².